The van der Waals surface area contributed by atoms with Gasteiger partial charge in [-0.25, -0.2) is 14.8 Å². The van der Waals surface area contributed by atoms with E-state index >= 15 is 0 Å². The summed E-state index contributed by atoms with van der Waals surface area (Å²) >= 11 is 11.6. The predicted molar refractivity (Wildman–Crippen MR) is 168 cm³/mol. The van der Waals surface area contributed by atoms with Gasteiger partial charge in [0.1, 0.15) is 5.82 Å². The van der Waals surface area contributed by atoms with Crippen molar-refractivity contribution in [3.63, 3.8) is 0 Å². The molecule has 236 valence electrons. The topological polar surface area (TPSA) is 169 Å². The number of ketones is 1. The number of aromatic nitrogens is 3. The van der Waals surface area contributed by atoms with E-state index in [0.717, 1.165) is 31.2 Å². The number of unbranched alkanes of at least 4 members (excludes halogenated alkanes) is 3. The minimum Gasteiger partial charge on any atom is -0.352 e. The highest BCUT2D eigenvalue weighted by atomic mass is 35.5. The van der Waals surface area contributed by atoms with Gasteiger partial charge in [0, 0.05) is 37.4 Å². The number of carbonyl (C=O) groups is 4. The molecule has 0 spiro atoms. The Labute approximate surface area is 263 Å². The number of halogens is 2. The minimum atomic E-state index is -0.714. The van der Waals surface area contributed by atoms with Gasteiger partial charge in [0.05, 0.1) is 6.04 Å². The average Bonchev–Trinajstić information content (AvgIpc) is 2.94. The van der Waals surface area contributed by atoms with Gasteiger partial charge in [-0.3, -0.25) is 14.4 Å². The largest absolute Gasteiger partial charge is 0.352 e. The van der Waals surface area contributed by atoms with Crippen LogP contribution in [-0.2, 0) is 27.2 Å². The normalized spacial score (nSPS) is 12.4. The Morgan fingerprint density at radius 3 is 2.16 bits per heavy atom. The maximum absolute atomic E-state index is 13.4. The summed E-state index contributed by atoms with van der Waals surface area (Å²) in [6.45, 7) is 6.07. The van der Waals surface area contributed by atoms with Gasteiger partial charge in [-0.05, 0) is 78.9 Å². The first-order chi connectivity index (χ1) is 20.5. The van der Waals surface area contributed by atoms with Crippen molar-refractivity contribution in [1.82, 2.24) is 25.6 Å². The van der Waals surface area contributed by atoms with Gasteiger partial charge in [0.2, 0.25) is 22.4 Å². The standard InChI is InChI=1S/C30H43Cl2N7O4/c1-4-20-13-15-22(16-14-20)35-27(42)21(10-9-17-34-30(33)43)18-23(40)26(19(2)3)38-25(41)12-8-6-5-7-11-24-36-28(31)39-29(32)37-24/h13-16,19,21,26H,4-12,17-18H2,1-3H3,(H,35,42)(H,38,41)(H3,33,34,43)/t21-,26+/m1/s1. The summed E-state index contributed by atoms with van der Waals surface area (Å²) in [5.74, 6) is -0.954. The number of urea groups is 1. The van der Waals surface area contributed by atoms with Crippen LogP contribution < -0.4 is 21.7 Å². The molecular formula is C30H43Cl2N7O4. The molecule has 1 aromatic heterocycles. The fourth-order valence-corrected chi connectivity index (χ4v) is 4.99. The van der Waals surface area contributed by atoms with Crippen LogP contribution in [0, 0.1) is 11.8 Å². The Morgan fingerprint density at radius 2 is 1.56 bits per heavy atom. The number of carbonyl (C=O) groups excluding carboxylic acids is 4. The smallest absolute Gasteiger partial charge is 0.312 e. The molecule has 0 saturated heterocycles. The Hall–Kier alpha value is -3.31. The quantitative estimate of drug-likeness (QED) is 0.157. The molecule has 0 aliphatic heterocycles. The number of hydrogen-bond donors (Lipinski definition) is 4. The van der Waals surface area contributed by atoms with E-state index in [2.05, 4.69) is 37.8 Å². The molecular weight excluding hydrogens is 593 g/mol. The van der Waals surface area contributed by atoms with Crippen LogP contribution in [0.5, 0.6) is 0 Å². The number of hydrogen-bond acceptors (Lipinski definition) is 7. The van der Waals surface area contributed by atoms with Crippen LogP contribution in [-0.4, -0.2) is 51.2 Å². The molecule has 0 saturated carbocycles. The number of amides is 4. The number of nitrogens with two attached hydrogens (primary N) is 1. The summed E-state index contributed by atoms with van der Waals surface area (Å²) < 4.78 is 0. The molecule has 0 bridgehead atoms. The zero-order valence-corrected chi connectivity index (χ0v) is 26.6. The van der Waals surface area contributed by atoms with Crippen molar-refractivity contribution in [2.75, 3.05) is 11.9 Å². The predicted octanol–water partition coefficient (Wildman–Crippen LogP) is 5.04. The molecule has 0 aliphatic carbocycles. The van der Waals surface area contributed by atoms with Crippen molar-refractivity contribution in [1.29, 1.82) is 0 Å². The van der Waals surface area contributed by atoms with Crippen LogP contribution in [0.3, 0.4) is 0 Å². The third-order valence-electron chi connectivity index (χ3n) is 6.99. The number of rotatable bonds is 19. The van der Waals surface area contributed by atoms with Gasteiger partial charge >= 0.3 is 6.03 Å². The van der Waals surface area contributed by atoms with E-state index in [9.17, 15) is 19.2 Å². The van der Waals surface area contributed by atoms with E-state index in [-0.39, 0.29) is 46.9 Å². The summed E-state index contributed by atoms with van der Waals surface area (Å²) in [5.41, 5.74) is 6.94. The number of nitrogens with one attached hydrogen (secondary N) is 3. The second-order valence-corrected chi connectivity index (χ2v) is 11.5. The van der Waals surface area contributed by atoms with Gasteiger partial charge in [-0.1, -0.05) is 45.7 Å². The third-order valence-corrected chi connectivity index (χ3v) is 7.33. The number of aryl methyl sites for hydroxylation is 2. The Balaban J connectivity index is 1.89. The van der Waals surface area contributed by atoms with E-state index in [1.165, 1.54) is 0 Å². The molecule has 1 aromatic carbocycles. The highest BCUT2D eigenvalue weighted by Gasteiger charge is 2.29. The van der Waals surface area contributed by atoms with Crippen LogP contribution in [0.15, 0.2) is 24.3 Å². The van der Waals surface area contributed by atoms with Crippen molar-refractivity contribution in [2.45, 2.75) is 91.0 Å². The molecule has 0 aliphatic rings. The molecule has 2 aromatic rings. The molecule has 0 unspecified atom stereocenters. The zero-order chi connectivity index (χ0) is 31.8. The second-order valence-electron chi connectivity index (χ2n) is 10.8. The number of benzene rings is 1. The summed E-state index contributed by atoms with van der Waals surface area (Å²) in [5, 5.41) is 8.43. The monoisotopic (exact) mass is 635 g/mol. The number of nitrogens with zero attached hydrogens (tertiary/aromatic N) is 3. The Bertz CT molecular complexity index is 1190. The van der Waals surface area contributed by atoms with Crippen molar-refractivity contribution in [3.05, 3.63) is 46.2 Å². The van der Waals surface area contributed by atoms with Crippen molar-refractivity contribution < 1.29 is 19.2 Å². The molecule has 4 amide bonds. The second kappa shape index (κ2) is 19.1. The fourth-order valence-electron chi connectivity index (χ4n) is 4.59. The Morgan fingerprint density at radius 1 is 0.907 bits per heavy atom. The first-order valence-electron chi connectivity index (χ1n) is 14.8. The van der Waals surface area contributed by atoms with Crippen molar-refractivity contribution in [3.8, 4) is 0 Å². The zero-order valence-electron chi connectivity index (χ0n) is 25.1. The summed E-state index contributed by atoms with van der Waals surface area (Å²) in [7, 11) is 0. The van der Waals surface area contributed by atoms with Crippen LogP contribution in [0.2, 0.25) is 10.6 Å². The van der Waals surface area contributed by atoms with Crippen molar-refractivity contribution >= 4 is 52.5 Å². The van der Waals surface area contributed by atoms with Crippen LogP contribution in [0.25, 0.3) is 0 Å². The summed E-state index contributed by atoms with van der Waals surface area (Å²) in [6.07, 6.45) is 5.74. The van der Waals surface area contributed by atoms with Gasteiger partial charge in [-0.2, -0.15) is 4.98 Å². The van der Waals surface area contributed by atoms with E-state index < -0.39 is 18.0 Å². The molecule has 43 heavy (non-hydrogen) atoms. The fraction of sp³-hybridized carbons (Fsp3) is 0.567. The maximum atomic E-state index is 13.4. The highest BCUT2D eigenvalue weighted by Crippen LogP contribution is 2.20. The molecule has 0 radical (unpaired) electrons. The summed E-state index contributed by atoms with van der Waals surface area (Å²) in [6, 6.07) is 6.19. The minimum absolute atomic E-state index is 0.0380. The van der Waals surface area contributed by atoms with Gasteiger partial charge in [-0.15, -0.1) is 0 Å². The van der Waals surface area contributed by atoms with Gasteiger partial charge < -0.3 is 21.7 Å². The summed E-state index contributed by atoms with van der Waals surface area (Å²) in [4.78, 5) is 62.2. The van der Waals surface area contributed by atoms with E-state index in [0.29, 0.717) is 43.7 Å². The first-order valence-corrected chi connectivity index (χ1v) is 15.5. The molecule has 11 nitrogen and oxygen atoms in total. The molecule has 13 heteroatoms. The first kappa shape index (κ1) is 35.9. The van der Waals surface area contributed by atoms with Crippen LogP contribution in [0.4, 0.5) is 10.5 Å². The van der Waals surface area contributed by atoms with E-state index in [4.69, 9.17) is 28.9 Å². The SMILES string of the molecule is CCc1ccc(NC(=O)[C@H](CCCNC(N)=O)CC(=O)[C@@H](NC(=O)CCCCCCc2nc(Cl)nc(Cl)n2)C(C)C)cc1. The molecule has 2 rings (SSSR count). The Kier molecular flexibility index (Phi) is 15.9. The lowest BCUT2D eigenvalue weighted by atomic mass is 9.89. The number of anilines is 1. The molecule has 1 heterocycles. The number of Topliss-reactive ketones (excluding diaryl/α,β-unsaturated/α-hetero) is 1. The molecule has 0 fully saturated rings. The van der Waals surface area contributed by atoms with Crippen LogP contribution >= 0.6 is 23.2 Å². The van der Waals surface area contributed by atoms with Crippen molar-refractivity contribution in [2.24, 2.45) is 17.6 Å². The maximum Gasteiger partial charge on any atom is 0.312 e. The third kappa shape index (κ3) is 14.1. The van der Waals surface area contributed by atoms with Gasteiger partial charge in [0.15, 0.2) is 5.78 Å². The van der Waals surface area contributed by atoms with Crippen LogP contribution in [0.1, 0.15) is 83.5 Å². The lowest BCUT2D eigenvalue weighted by Gasteiger charge is -2.24. The van der Waals surface area contributed by atoms with E-state index in [1.54, 1.807) is 0 Å². The number of primary amides is 1. The lowest BCUT2D eigenvalue weighted by Crippen LogP contribution is -2.45. The van der Waals surface area contributed by atoms with Gasteiger partial charge in [0.25, 0.3) is 0 Å². The highest BCUT2D eigenvalue weighted by molar-refractivity contribution is 6.31. The average molecular weight is 637 g/mol. The van der Waals surface area contributed by atoms with E-state index in [1.807, 2.05) is 38.1 Å². The molecule has 5 N–H and O–H groups in total. The molecule has 2 atom stereocenters. The lowest BCUT2D eigenvalue weighted by molar-refractivity contribution is -0.131.